The van der Waals surface area contributed by atoms with E-state index in [2.05, 4.69) is 10.3 Å². The van der Waals surface area contributed by atoms with E-state index in [0.29, 0.717) is 30.0 Å². The summed E-state index contributed by atoms with van der Waals surface area (Å²) in [6.45, 7) is 3.77. The Morgan fingerprint density at radius 1 is 1.29 bits per heavy atom. The smallest absolute Gasteiger partial charge is 0.245 e. The maximum absolute atomic E-state index is 12.9. The molecule has 0 spiro atoms. The van der Waals surface area contributed by atoms with Crippen LogP contribution in [0, 0.1) is 0 Å². The van der Waals surface area contributed by atoms with Crippen molar-refractivity contribution < 1.29 is 8.42 Å². The molecule has 21 heavy (non-hydrogen) atoms. The lowest BCUT2D eigenvalue weighted by molar-refractivity contribution is 0.284. The molecule has 0 radical (unpaired) electrons. The van der Waals surface area contributed by atoms with E-state index in [1.807, 2.05) is 25.1 Å². The maximum atomic E-state index is 12.9. The monoisotopic (exact) mass is 327 g/mol. The van der Waals surface area contributed by atoms with Gasteiger partial charge in [-0.1, -0.05) is 18.2 Å². The zero-order chi connectivity index (χ0) is 14.2. The molecule has 2 heterocycles. The fourth-order valence-electron chi connectivity index (χ4n) is 2.59. The SMILES string of the molecule is CC1CNCCN1S(=O)(=O)c1cccc2cccnc12.Cl. The number of nitrogens with zero attached hydrogens (tertiary/aromatic N) is 2. The van der Waals surface area contributed by atoms with Crippen LogP contribution in [0.1, 0.15) is 6.92 Å². The van der Waals surface area contributed by atoms with Gasteiger partial charge in [0.2, 0.25) is 10.0 Å². The van der Waals surface area contributed by atoms with Crippen LogP contribution in [-0.2, 0) is 10.0 Å². The van der Waals surface area contributed by atoms with Gasteiger partial charge < -0.3 is 5.32 Å². The van der Waals surface area contributed by atoms with E-state index in [4.69, 9.17) is 0 Å². The van der Waals surface area contributed by atoms with Gasteiger partial charge in [0.05, 0.1) is 5.52 Å². The molecule has 1 aromatic carbocycles. The minimum atomic E-state index is -3.51. The first-order chi connectivity index (χ1) is 9.60. The predicted molar refractivity (Wildman–Crippen MR) is 85.2 cm³/mol. The molecule has 3 rings (SSSR count). The molecule has 0 amide bonds. The fraction of sp³-hybridized carbons (Fsp3) is 0.357. The number of sulfonamides is 1. The molecule has 0 saturated carbocycles. The highest BCUT2D eigenvalue weighted by Crippen LogP contribution is 2.25. The normalized spacial score (nSPS) is 20.1. The fourth-order valence-corrected chi connectivity index (χ4v) is 4.39. The van der Waals surface area contributed by atoms with E-state index in [-0.39, 0.29) is 18.4 Å². The first kappa shape index (κ1) is 16.2. The summed E-state index contributed by atoms with van der Waals surface area (Å²) in [5.41, 5.74) is 0.542. The zero-order valence-corrected chi connectivity index (χ0v) is 13.3. The highest BCUT2D eigenvalue weighted by molar-refractivity contribution is 7.89. The van der Waals surface area contributed by atoms with Crippen LogP contribution in [0.15, 0.2) is 41.4 Å². The number of benzene rings is 1. The van der Waals surface area contributed by atoms with E-state index in [9.17, 15) is 8.42 Å². The van der Waals surface area contributed by atoms with E-state index in [1.54, 1.807) is 22.6 Å². The molecule has 5 nitrogen and oxygen atoms in total. The maximum Gasteiger partial charge on any atom is 0.245 e. The summed E-state index contributed by atoms with van der Waals surface area (Å²) in [6, 6.07) is 8.92. The molecule has 1 N–H and O–H groups in total. The third kappa shape index (κ3) is 2.89. The number of fused-ring (bicyclic) bond motifs is 1. The van der Waals surface area contributed by atoms with Crippen LogP contribution in [0.3, 0.4) is 0 Å². The summed E-state index contributed by atoms with van der Waals surface area (Å²) in [4.78, 5) is 4.54. The molecule has 1 aromatic heterocycles. The van der Waals surface area contributed by atoms with Crippen molar-refractivity contribution in [1.29, 1.82) is 0 Å². The van der Waals surface area contributed by atoms with Crippen LogP contribution >= 0.6 is 12.4 Å². The van der Waals surface area contributed by atoms with Crippen molar-refractivity contribution >= 4 is 33.3 Å². The molecule has 1 aliphatic heterocycles. The number of pyridine rings is 1. The second-order valence-corrected chi connectivity index (χ2v) is 6.86. The molecule has 1 aliphatic rings. The topological polar surface area (TPSA) is 62.3 Å². The number of para-hydroxylation sites is 1. The lowest BCUT2D eigenvalue weighted by Crippen LogP contribution is -2.52. The second-order valence-electron chi connectivity index (χ2n) is 5.00. The van der Waals surface area contributed by atoms with Crippen LogP contribution < -0.4 is 5.32 Å². The summed E-state index contributed by atoms with van der Waals surface area (Å²) in [5, 5.41) is 4.05. The van der Waals surface area contributed by atoms with E-state index in [1.165, 1.54) is 0 Å². The molecule has 7 heteroatoms. The van der Waals surface area contributed by atoms with Crippen LogP contribution in [0.2, 0.25) is 0 Å². The van der Waals surface area contributed by atoms with Gasteiger partial charge >= 0.3 is 0 Å². The second kappa shape index (κ2) is 6.27. The average Bonchev–Trinajstić information content (AvgIpc) is 2.47. The van der Waals surface area contributed by atoms with Gasteiger partial charge in [-0.25, -0.2) is 8.42 Å². The van der Waals surface area contributed by atoms with E-state index < -0.39 is 10.0 Å². The number of hydrogen-bond donors (Lipinski definition) is 1. The average molecular weight is 328 g/mol. The molecule has 114 valence electrons. The summed E-state index contributed by atoms with van der Waals surface area (Å²) in [5.74, 6) is 0. The number of hydrogen-bond acceptors (Lipinski definition) is 4. The van der Waals surface area contributed by atoms with Crippen molar-refractivity contribution in [3.63, 3.8) is 0 Å². The highest BCUT2D eigenvalue weighted by Gasteiger charge is 2.32. The molecule has 0 aliphatic carbocycles. The van der Waals surface area contributed by atoms with Gasteiger partial charge in [-0.05, 0) is 19.1 Å². The first-order valence-corrected chi connectivity index (χ1v) is 8.11. The van der Waals surface area contributed by atoms with Crippen LogP contribution in [0.25, 0.3) is 10.9 Å². The van der Waals surface area contributed by atoms with Gasteiger partial charge in [0.1, 0.15) is 4.90 Å². The van der Waals surface area contributed by atoms with Crippen molar-refractivity contribution in [3.8, 4) is 0 Å². The lowest BCUT2D eigenvalue weighted by atomic mass is 10.2. The summed E-state index contributed by atoms with van der Waals surface area (Å²) in [6.07, 6.45) is 1.63. The van der Waals surface area contributed by atoms with Crippen molar-refractivity contribution in [2.24, 2.45) is 0 Å². The minimum absolute atomic E-state index is 0. The first-order valence-electron chi connectivity index (χ1n) is 6.67. The molecular weight excluding hydrogens is 310 g/mol. The van der Waals surface area contributed by atoms with Gasteiger partial charge in [-0.3, -0.25) is 4.98 Å². The number of piperazine rings is 1. The van der Waals surface area contributed by atoms with Gasteiger partial charge in [0.25, 0.3) is 0 Å². The molecule has 2 aromatic rings. The number of rotatable bonds is 2. The summed E-state index contributed by atoms with van der Waals surface area (Å²) in [7, 11) is -3.51. The van der Waals surface area contributed by atoms with Crippen molar-refractivity contribution in [2.75, 3.05) is 19.6 Å². The summed E-state index contributed by atoms with van der Waals surface area (Å²) < 4.78 is 27.3. The quantitative estimate of drug-likeness (QED) is 0.911. The van der Waals surface area contributed by atoms with Crippen LogP contribution in [-0.4, -0.2) is 43.4 Å². The Kier molecular flexibility index (Phi) is 4.83. The zero-order valence-electron chi connectivity index (χ0n) is 11.7. The van der Waals surface area contributed by atoms with Gasteiger partial charge in [-0.2, -0.15) is 4.31 Å². The molecule has 1 unspecified atom stereocenters. The van der Waals surface area contributed by atoms with Crippen molar-refractivity contribution in [1.82, 2.24) is 14.6 Å². The molecular formula is C14H18ClN3O2S. The highest BCUT2D eigenvalue weighted by atomic mass is 35.5. The van der Waals surface area contributed by atoms with Crippen molar-refractivity contribution in [2.45, 2.75) is 17.9 Å². The third-order valence-corrected chi connectivity index (χ3v) is 5.67. The number of nitrogens with one attached hydrogen (secondary N) is 1. The molecule has 0 bridgehead atoms. The predicted octanol–water partition coefficient (Wildman–Crippen LogP) is 1.64. The standard InChI is InChI=1S/C14H17N3O2S.ClH/c1-11-10-15-8-9-17(11)20(18,19)13-6-2-4-12-5-3-7-16-14(12)13;/h2-7,11,15H,8-10H2,1H3;1H. The Morgan fingerprint density at radius 3 is 2.81 bits per heavy atom. The minimum Gasteiger partial charge on any atom is -0.314 e. The van der Waals surface area contributed by atoms with Crippen LogP contribution in [0.5, 0.6) is 0 Å². The lowest BCUT2D eigenvalue weighted by Gasteiger charge is -2.32. The van der Waals surface area contributed by atoms with Gasteiger partial charge in [-0.15, -0.1) is 12.4 Å². The summed E-state index contributed by atoms with van der Waals surface area (Å²) >= 11 is 0. The van der Waals surface area contributed by atoms with Gasteiger partial charge in [0, 0.05) is 37.3 Å². The Balaban J connectivity index is 0.00000161. The Labute approximate surface area is 130 Å². The Bertz CT molecular complexity index is 731. The molecule has 1 fully saturated rings. The van der Waals surface area contributed by atoms with Crippen LogP contribution in [0.4, 0.5) is 0 Å². The van der Waals surface area contributed by atoms with E-state index >= 15 is 0 Å². The molecule has 1 atom stereocenters. The number of halogens is 1. The van der Waals surface area contributed by atoms with Gasteiger partial charge in [0.15, 0.2) is 0 Å². The van der Waals surface area contributed by atoms with E-state index in [0.717, 1.165) is 5.39 Å². The Morgan fingerprint density at radius 2 is 2.05 bits per heavy atom. The van der Waals surface area contributed by atoms with Crippen molar-refractivity contribution in [3.05, 3.63) is 36.5 Å². The largest absolute Gasteiger partial charge is 0.314 e. The molecule has 1 saturated heterocycles. The third-order valence-electron chi connectivity index (χ3n) is 3.62. The Hall–Kier alpha value is -1.21. The number of aromatic nitrogens is 1.